The van der Waals surface area contributed by atoms with Crippen molar-refractivity contribution in [1.29, 1.82) is 0 Å². The fourth-order valence-corrected chi connectivity index (χ4v) is 3.06. The Bertz CT molecular complexity index is 600. The van der Waals surface area contributed by atoms with Crippen LogP contribution < -0.4 is 0 Å². The maximum absolute atomic E-state index is 5.18. The van der Waals surface area contributed by atoms with Gasteiger partial charge in [-0.1, -0.05) is 12.1 Å². The van der Waals surface area contributed by atoms with Crippen molar-refractivity contribution in [3.8, 4) is 0 Å². The lowest BCUT2D eigenvalue weighted by molar-refractivity contribution is 0.218. The standard InChI is InChI=1S/C17H25N5O/c1-3-17-19-16(20-23-17)13-21(2)15-7-11-22(12-15)10-6-14-4-8-18-9-5-14/h4-5,8-9,15H,3,6-7,10-13H2,1-2H3/t15-/m0/s1. The van der Waals surface area contributed by atoms with E-state index in [0.717, 1.165) is 50.7 Å². The summed E-state index contributed by atoms with van der Waals surface area (Å²) >= 11 is 0. The lowest BCUT2D eigenvalue weighted by atomic mass is 10.2. The number of hydrogen-bond acceptors (Lipinski definition) is 6. The van der Waals surface area contributed by atoms with Gasteiger partial charge >= 0.3 is 0 Å². The molecule has 6 nitrogen and oxygen atoms in total. The summed E-state index contributed by atoms with van der Waals surface area (Å²) < 4.78 is 5.18. The summed E-state index contributed by atoms with van der Waals surface area (Å²) in [6.07, 6.45) is 6.81. The average molecular weight is 315 g/mol. The van der Waals surface area contributed by atoms with E-state index in [-0.39, 0.29) is 0 Å². The quantitative estimate of drug-likeness (QED) is 0.776. The number of rotatable bonds is 7. The zero-order valence-electron chi connectivity index (χ0n) is 14.0. The van der Waals surface area contributed by atoms with E-state index in [9.17, 15) is 0 Å². The van der Waals surface area contributed by atoms with Crippen LogP contribution in [0.25, 0.3) is 0 Å². The second-order valence-corrected chi connectivity index (χ2v) is 6.22. The monoisotopic (exact) mass is 315 g/mol. The van der Waals surface area contributed by atoms with Gasteiger partial charge in [0.2, 0.25) is 5.89 Å². The van der Waals surface area contributed by atoms with Crippen LogP contribution in [0.3, 0.4) is 0 Å². The molecule has 1 saturated heterocycles. The van der Waals surface area contributed by atoms with E-state index in [1.54, 1.807) is 0 Å². The van der Waals surface area contributed by atoms with Gasteiger partial charge in [-0.2, -0.15) is 4.98 Å². The summed E-state index contributed by atoms with van der Waals surface area (Å²) in [5.74, 6) is 1.51. The van der Waals surface area contributed by atoms with E-state index in [1.807, 2.05) is 19.3 Å². The van der Waals surface area contributed by atoms with Crippen LogP contribution in [0.5, 0.6) is 0 Å². The number of aryl methyl sites for hydroxylation is 1. The Labute approximate surface area is 137 Å². The summed E-state index contributed by atoms with van der Waals surface area (Å²) in [6.45, 7) is 6.16. The zero-order valence-corrected chi connectivity index (χ0v) is 14.0. The molecule has 2 aromatic rings. The first kappa shape index (κ1) is 16.1. The van der Waals surface area contributed by atoms with Crippen molar-refractivity contribution < 1.29 is 4.52 Å². The molecular formula is C17H25N5O. The normalized spacial score (nSPS) is 18.8. The Balaban J connectivity index is 1.45. The third kappa shape index (κ3) is 4.36. The molecule has 3 rings (SSSR count). The van der Waals surface area contributed by atoms with Crippen molar-refractivity contribution in [2.45, 2.75) is 38.8 Å². The average Bonchev–Trinajstić information content (AvgIpc) is 3.23. The maximum Gasteiger partial charge on any atom is 0.226 e. The van der Waals surface area contributed by atoms with Crippen LogP contribution in [0.4, 0.5) is 0 Å². The first-order valence-electron chi connectivity index (χ1n) is 8.37. The van der Waals surface area contributed by atoms with Crippen molar-refractivity contribution in [3.63, 3.8) is 0 Å². The van der Waals surface area contributed by atoms with Gasteiger partial charge in [0.05, 0.1) is 6.54 Å². The fraction of sp³-hybridized carbons (Fsp3) is 0.588. The Morgan fingerprint density at radius 2 is 2.17 bits per heavy atom. The number of hydrogen-bond donors (Lipinski definition) is 0. The zero-order chi connectivity index (χ0) is 16.1. The molecule has 1 atom stereocenters. The molecule has 0 aliphatic carbocycles. The van der Waals surface area contributed by atoms with Crippen LogP contribution in [0.2, 0.25) is 0 Å². The van der Waals surface area contributed by atoms with Crippen LogP contribution >= 0.6 is 0 Å². The van der Waals surface area contributed by atoms with Crippen molar-refractivity contribution in [3.05, 3.63) is 41.8 Å². The number of pyridine rings is 1. The molecule has 124 valence electrons. The molecule has 3 heterocycles. The second-order valence-electron chi connectivity index (χ2n) is 6.22. The molecule has 0 radical (unpaired) electrons. The van der Waals surface area contributed by atoms with Crippen LogP contribution in [0, 0.1) is 0 Å². The van der Waals surface area contributed by atoms with Crippen molar-refractivity contribution in [1.82, 2.24) is 24.9 Å². The highest BCUT2D eigenvalue weighted by Crippen LogP contribution is 2.16. The van der Waals surface area contributed by atoms with Crippen LogP contribution in [-0.4, -0.2) is 57.6 Å². The Kier molecular flexibility index (Phi) is 5.35. The van der Waals surface area contributed by atoms with Crippen LogP contribution in [0.15, 0.2) is 29.0 Å². The number of likely N-dealkylation sites (tertiary alicyclic amines) is 1. The summed E-state index contributed by atoms with van der Waals surface area (Å²) in [5.41, 5.74) is 1.36. The lowest BCUT2D eigenvalue weighted by Gasteiger charge is -2.23. The molecule has 1 fully saturated rings. The lowest BCUT2D eigenvalue weighted by Crippen LogP contribution is -2.34. The minimum Gasteiger partial charge on any atom is -0.339 e. The second kappa shape index (κ2) is 7.66. The molecule has 0 amide bonds. The highest BCUT2D eigenvalue weighted by atomic mass is 16.5. The SMILES string of the molecule is CCc1nc(CN(C)[C@H]2CCN(CCc3ccncc3)C2)no1. The van der Waals surface area contributed by atoms with Gasteiger partial charge in [-0.3, -0.25) is 9.88 Å². The number of nitrogens with zero attached hydrogens (tertiary/aromatic N) is 5. The molecule has 0 saturated carbocycles. The highest BCUT2D eigenvalue weighted by molar-refractivity contribution is 5.10. The van der Waals surface area contributed by atoms with Gasteiger partial charge in [-0.15, -0.1) is 0 Å². The fourth-order valence-electron chi connectivity index (χ4n) is 3.06. The number of likely N-dealkylation sites (N-methyl/N-ethyl adjacent to an activating group) is 1. The molecular weight excluding hydrogens is 290 g/mol. The smallest absolute Gasteiger partial charge is 0.226 e. The largest absolute Gasteiger partial charge is 0.339 e. The van der Waals surface area contributed by atoms with Gasteiger partial charge in [-0.25, -0.2) is 0 Å². The van der Waals surface area contributed by atoms with E-state index in [2.05, 4.69) is 44.1 Å². The predicted octanol–water partition coefficient (Wildman–Crippen LogP) is 1.78. The molecule has 0 N–H and O–H groups in total. The maximum atomic E-state index is 5.18. The molecule has 0 spiro atoms. The van der Waals surface area contributed by atoms with E-state index >= 15 is 0 Å². The van der Waals surface area contributed by atoms with Gasteiger partial charge in [0, 0.05) is 37.9 Å². The summed E-state index contributed by atoms with van der Waals surface area (Å²) in [5, 5.41) is 4.05. The van der Waals surface area contributed by atoms with E-state index in [0.29, 0.717) is 6.04 Å². The molecule has 2 aromatic heterocycles. The summed E-state index contributed by atoms with van der Waals surface area (Å²) in [6, 6.07) is 4.76. The highest BCUT2D eigenvalue weighted by Gasteiger charge is 2.26. The van der Waals surface area contributed by atoms with Gasteiger partial charge in [0.1, 0.15) is 0 Å². The Morgan fingerprint density at radius 3 is 2.91 bits per heavy atom. The molecule has 1 aliphatic heterocycles. The molecule has 23 heavy (non-hydrogen) atoms. The molecule has 0 unspecified atom stereocenters. The Hall–Kier alpha value is -1.79. The van der Waals surface area contributed by atoms with Crippen molar-refractivity contribution in [2.75, 3.05) is 26.7 Å². The predicted molar refractivity (Wildman–Crippen MR) is 87.9 cm³/mol. The summed E-state index contributed by atoms with van der Waals surface area (Å²) in [7, 11) is 2.15. The number of aromatic nitrogens is 3. The van der Waals surface area contributed by atoms with Gasteiger partial charge in [-0.05, 0) is 44.1 Å². The van der Waals surface area contributed by atoms with Crippen LogP contribution in [0.1, 0.15) is 30.6 Å². The first-order valence-corrected chi connectivity index (χ1v) is 8.37. The van der Waals surface area contributed by atoms with Gasteiger partial charge in [0.15, 0.2) is 5.82 Å². The minimum atomic E-state index is 0.566. The first-order chi connectivity index (χ1) is 11.2. The molecule has 0 bridgehead atoms. The third-order valence-corrected chi connectivity index (χ3v) is 4.54. The molecule has 6 heteroatoms. The van der Waals surface area contributed by atoms with E-state index in [4.69, 9.17) is 4.52 Å². The van der Waals surface area contributed by atoms with Crippen molar-refractivity contribution in [2.24, 2.45) is 0 Å². The van der Waals surface area contributed by atoms with Gasteiger partial charge < -0.3 is 9.42 Å². The summed E-state index contributed by atoms with van der Waals surface area (Å²) in [4.78, 5) is 13.3. The minimum absolute atomic E-state index is 0.566. The van der Waals surface area contributed by atoms with E-state index in [1.165, 1.54) is 12.0 Å². The van der Waals surface area contributed by atoms with Crippen LogP contribution in [-0.2, 0) is 19.4 Å². The molecule has 1 aliphatic rings. The molecule has 0 aromatic carbocycles. The van der Waals surface area contributed by atoms with Gasteiger partial charge in [0.25, 0.3) is 0 Å². The third-order valence-electron chi connectivity index (χ3n) is 4.54. The van der Waals surface area contributed by atoms with E-state index < -0.39 is 0 Å². The Morgan fingerprint density at radius 1 is 1.35 bits per heavy atom. The van der Waals surface area contributed by atoms with Crippen molar-refractivity contribution >= 4 is 0 Å². The topological polar surface area (TPSA) is 58.3 Å².